The minimum absolute atomic E-state index is 0.0928. The number of benzene rings is 1. The average Bonchev–Trinajstić information content (AvgIpc) is 2.49. The van der Waals surface area contributed by atoms with E-state index in [1.807, 2.05) is 13.8 Å². The Morgan fingerprint density at radius 2 is 1.95 bits per heavy atom. The molecule has 21 heavy (non-hydrogen) atoms. The normalized spacial score (nSPS) is 10.0. The van der Waals surface area contributed by atoms with Crippen molar-refractivity contribution in [2.45, 2.75) is 20.3 Å². The number of ether oxygens (including phenoxy) is 1. The Bertz CT molecular complexity index is 499. The van der Waals surface area contributed by atoms with E-state index in [-0.39, 0.29) is 5.91 Å². The number of amides is 1. The second kappa shape index (κ2) is 8.14. The van der Waals surface area contributed by atoms with Gasteiger partial charge in [0.1, 0.15) is 0 Å². The molecule has 0 radical (unpaired) electrons. The number of rotatable bonds is 7. The average molecular weight is 293 g/mol. The highest BCUT2D eigenvalue weighted by Crippen LogP contribution is 2.20. The molecule has 116 valence electrons. The predicted octanol–water partition coefficient (Wildman–Crippen LogP) is 1.73. The number of nitrogens with zero attached hydrogens (tertiary/aromatic N) is 1. The van der Waals surface area contributed by atoms with Crippen LogP contribution in [0.4, 0.5) is 11.4 Å². The Morgan fingerprint density at radius 1 is 1.29 bits per heavy atom. The maximum Gasteiger partial charge on any atom is 0.337 e. The summed E-state index contributed by atoms with van der Waals surface area (Å²) in [6.45, 7) is 5.77. The fourth-order valence-corrected chi connectivity index (χ4v) is 1.99. The molecule has 6 nitrogen and oxygen atoms in total. The lowest BCUT2D eigenvalue weighted by molar-refractivity contribution is -0.130. The molecule has 0 saturated carbocycles. The monoisotopic (exact) mass is 293 g/mol. The molecule has 0 aliphatic carbocycles. The smallest absolute Gasteiger partial charge is 0.337 e. The zero-order valence-electron chi connectivity index (χ0n) is 12.8. The van der Waals surface area contributed by atoms with E-state index in [4.69, 9.17) is 5.73 Å². The molecule has 1 aromatic carbocycles. The van der Waals surface area contributed by atoms with Gasteiger partial charge < -0.3 is 20.7 Å². The first kappa shape index (κ1) is 16.8. The first-order valence-electron chi connectivity index (χ1n) is 7.02. The minimum Gasteiger partial charge on any atom is -0.465 e. The van der Waals surface area contributed by atoms with Crippen LogP contribution in [0.5, 0.6) is 0 Å². The summed E-state index contributed by atoms with van der Waals surface area (Å²) in [6.07, 6.45) is 0.379. The molecular formula is C15H23N3O3. The highest BCUT2D eigenvalue weighted by molar-refractivity contribution is 5.92. The van der Waals surface area contributed by atoms with Crippen LogP contribution in [0.15, 0.2) is 18.2 Å². The first-order chi connectivity index (χ1) is 10.0. The Kier molecular flexibility index (Phi) is 6.52. The van der Waals surface area contributed by atoms with E-state index < -0.39 is 5.97 Å². The number of nitrogens with one attached hydrogen (secondary N) is 1. The molecule has 0 aromatic heterocycles. The third-order valence-corrected chi connectivity index (χ3v) is 3.24. The van der Waals surface area contributed by atoms with Gasteiger partial charge in [0.05, 0.1) is 24.0 Å². The third kappa shape index (κ3) is 4.66. The molecule has 0 heterocycles. The van der Waals surface area contributed by atoms with Crippen molar-refractivity contribution in [3.05, 3.63) is 23.8 Å². The summed E-state index contributed by atoms with van der Waals surface area (Å²) in [5, 5.41) is 3.09. The van der Waals surface area contributed by atoms with Crippen LogP contribution in [0.1, 0.15) is 30.6 Å². The molecular weight excluding hydrogens is 270 g/mol. The molecule has 1 aromatic rings. The number of hydrogen-bond donors (Lipinski definition) is 2. The molecule has 0 bridgehead atoms. The standard InChI is InChI=1S/C15H23N3O3/c1-4-18(5-2)14(19)8-9-17-13-10-11(15(20)21-3)6-7-12(13)16/h6-7,10,17H,4-5,8-9,16H2,1-3H3. The van der Waals surface area contributed by atoms with Gasteiger partial charge in [-0.25, -0.2) is 4.79 Å². The number of hydrogen-bond acceptors (Lipinski definition) is 5. The number of esters is 1. The van der Waals surface area contributed by atoms with Gasteiger partial charge in [0.25, 0.3) is 0 Å². The van der Waals surface area contributed by atoms with E-state index in [2.05, 4.69) is 10.1 Å². The second-order valence-electron chi connectivity index (χ2n) is 4.54. The fraction of sp³-hybridized carbons (Fsp3) is 0.467. The molecule has 0 saturated heterocycles. The number of methoxy groups -OCH3 is 1. The van der Waals surface area contributed by atoms with Crippen molar-refractivity contribution >= 4 is 23.3 Å². The summed E-state index contributed by atoms with van der Waals surface area (Å²) in [7, 11) is 1.33. The van der Waals surface area contributed by atoms with Crippen LogP contribution in [-0.4, -0.2) is 43.5 Å². The lowest BCUT2D eigenvalue weighted by atomic mass is 10.1. The van der Waals surface area contributed by atoms with Crippen LogP contribution in [0, 0.1) is 0 Å². The Balaban J connectivity index is 2.63. The van der Waals surface area contributed by atoms with E-state index in [9.17, 15) is 9.59 Å². The SMILES string of the molecule is CCN(CC)C(=O)CCNc1cc(C(=O)OC)ccc1N. The topological polar surface area (TPSA) is 84.7 Å². The molecule has 3 N–H and O–H groups in total. The van der Waals surface area contributed by atoms with Crippen molar-refractivity contribution in [1.82, 2.24) is 4.90 Å². The Labute approximate surface area is 125 Å². The number of nitrogens with two attached hydrogens (primary N) is 1. The number of nitrogen functional groups attached to an aromatic ring is 1. The van der Waals surface area contributed by atoms with Crippen molar-refractivity contribution in [3.63, 3.8) is 0 Å². The lowest BCUT2D eigenvalue weighted by Crippen LogP contribution is -2.31. The first-order valence-corrected chi connectivity index (χ1v) is 7.02. The van der Waals surface area contributed by atoms with Crippen molar-refractivity contribution in [3.8, 4) is 0 Å². The summed E-state index contributed by atoms with van der Waals surface area (Å²) >= 11 is 0. The Hall–Kier alpha value is -2.24. The van der Waals surface area contributed by atoms with Crippen LogP contribution in [0.25, 0.3) is 0 Å². The van der Waals surface area contributed by atoms with Crippen molar-refractivity contribution < 1.29 is 14.3 Å². The van der Waals surface area contributed by atoms with E-state index in [0.29, 0.717) is 43.0 Å². The van der Waals surface area contributed by atoms with Crippen molar-refractivity contribution in [2.24, 2.45) is 0 Å². The maximum atomic E-state index is 11.9. The maximum absolute atomic E-state index is 11.9. The second-order valence-corrected chi connectivity index (χ2v) is 4.54. The number of carbonyl (C=O) groups is 2. The van der Waals surface area contributed by atoms with E-state index in [1.54, 1.807) is 23.1 Å². The predicted molar refractivity (Wildman–Crippen MR) is 83.2 cm³/mol. The molecule has 6 heteroatoms. The fourth-order valence-electron chi connectivity index (χ4n) is 1.99. The quantitative estimate of drug-likeness (QED) is 0.590. The summed E-state index contributed by atoms with van der Waals surface area (Å²) < 4.78 is 4.67. The summed E-state index contributed by atoms with van der Waals surface area (Å²) in [5.41, 5.74) is 7.43. The highest BCUT2D eigenvalue weighted by atomic mass is 16.5. The molecule has 0 aliphatic rings. The van der Waals surface area contributed by atoms with Crippen LogP contribution >= 0.6 is 0 Å². The van der Waals surface area contributed by atoms with Gasteiger partial charge in [-0.2, -0.15) is 0 Å². The zero-order valence-corrected chi connectivity index (χ0v) is 12.8. The lowest BCUT2D eigenvalue weighted by Gasteiger charge is -2.19. The zero-order chi connectivity index (χ0) is 15.8. The molecule has 0 unspecified atom stereocenters. The van der Waals surface area contributed by atoms with Gasteiger partial charge in [-0.3, -0.25) is 4.79 Å². The third-order valence-electron chi connectivity index (χ3n) is 3.24. The van der Waals surface area contributed by atoms with Gasteiger partial charge in [0.2, 0.25) is 5.91 Å². The van der Waals surface area contributed by atoms with Crippen LogP contribution < -0.4 is 11.1 Å². The van der Waals surface area contributed by atoms with Crippen LogP contribution in [0.2, 0.25) is 0 Å². The van der Waals surface area contributed by atoms with E-state index in [0.717, 1.165) is 0 Å². The van der Waals surface area contributed by atoms with Gasteiger partial charge in [0.15, 0.2) is 0 Å². The minimum atomic E-state index is -0.419. The molecule has 0 atom stereocenters. The van der Waals surface area contributed by atoms with E-state index in [1.165, 1.54) is 7.11 Å². The van der Waals surface area contributed by atoms with Gasteiger partial charge in [-0.1, -0.05) is 0 Å². The van der Waals surface area contributed by atoms with Gasteiger partial charge >= 0.3 is 5.97 Å². The van der Waals surface area contributed by atoms with Crippen LogP contribution in [0.3, 0.4) is 0 Å². The van der Waals surface area contributed by atoms with Gasteiger partial charge in [0, 0.05) is 26.1 Å². The number of carbonyl (C=O) groups excluding carboxylic acids is 2. The molecule has 0 aliphatic heterocycles. The molecule has 1 amide bonds. The van der Waals surface area contributed by atoms with Gasteiger partial charge in [-0.05, 0) is 32.0 Å². The highest BCUT2D eigenvalue weighted by Gasteiger charge is 2.11. The summed E-state index contributed by atoms with van der Waals surface area (Å²) in [6, 6.07) is 4.87. The molecule has 0 fully saturated rings. The largest absolute Gasteiger partial charge is 0.465 e. The molecule has 1 rings (SSSR count). The Morgan fingerprint density at radius 3 is 2.52 bits per heavy atom. The summed E-state index contributed by atoms with van der Waals surface area (Å²) in [5.74, 6) is -0.326. The molecule has 0 spiro atoms. The van der Waals surface area contributed by atoms with Crippen LogP contribution in [-0.2, 0) is 9.53 Å². The summed E-state index contributed by atoms with van der Waals surface area (Å²) in [4.78, 5) is 25.1. The van der Waals surface area contributed by atoms with Gasteiger partial charge in [-0.15, -0.1) is 0 Å². The van der Waals surface area contributed by atoms with Crippen molar-refractivity contribution in [1.29, 1.82) is 0 Å². The van der Waals surface area contributed by atoms with E-state index >= 15 is 0 Å². The number of anilines is 2. The van der Waals surface area contributed by atoms with Crippen molar-refractivity contribution in [2.75, 3.05) is 37.8 Å².